The van der Waals surface area contributed by atoms with Gasteiger partial charge < -0.3 is 38.8 Å². The molecule has 11 rings (SSSR count). The summed E-state index contributed by atoms with van der Waals surface area (Å²) < 4.78 is 55.7. The van der Waals surface area contributed by atoms with Crippen molar-refractivity contribution >= 4 is 63.7 Å². The number of carbonyl (C=O) groups excluding carboxylic acids is 2. The second-order valence-corrected chi connectivity index (χ2v) is 19.6. The molecule has 0 bridgehead atoms. The first-order valence-electron chi connectivity index (χ1n) is 22.6. The topological polar surface area (TPSA) is 186 Å². The van der Waals surface area contributed by atoms with E-state index in [-0.39, 0.29) is 31.8 Å². The average Bonchev–Trinajstić information content (AvgIpc) is 4.20. The summed E-state index contributed by atoms with van der Waals surface area (Å²) in [6.07, 6.45) is 1.45. The molecule has 5 aliphatic heterocycles. The number of cyclic esters (lactones) is 2. The van der Waals surface area contributed by atoms with Crippen LogP contribution < -0.4 is 25.1 Å². The van der Waals surface area contributed by atoms with Crippen molar-refractivity contribution in [3.8, 4) is 11.1 Å². The van der Waals surface area contributed by atoms with Crippen molar-refractivity contribution in [2.45, 2.75) is 77.3 Å². The van der Waals surface area contributed by atoms with Gasteiger partial charge in [0.05, 0.1) is 61.3 Å². The molecular weight excluding hydrogens is 973 g/mol. The summed E-state index contributed by atoms with van der Waals surface area (Å²) in [7, 11) is 2.91. The van der Waals surface area contributed by atoms with Gasteiger partial charge in [0.1, 0.15) is 23.8 Å². The van der Waals surface area contributed by atoms with E-state index < -0.39 is 54.3 Å². The Kier molecular flexibility index (Phi) is 13.4. The summed E-state index contributed by atoms with van der Waals surface area (Å²) >= 11 is 3.49. The number of benzene rings is 4. The fourth-order valence-electron chi connectivity index (χ4n) is 8.62. The highest BCUT2D eigenvalue weighted by Gasteiger charge is 2.52. The van der Waals surface area contributed by atoms with E-state index in [1.165, 1.54) is 38.6 Å². The number of rotatable bonds is 8. The fourth-order valence-corrected chi connectivity index (χ4v) is 9.02. The predicted molar refractivity (Wildman–Crippen MR) is 259 cm³/mol. The summed E-state index contributed by atoms with van der Waals surface area (Å²) in [6.45, 7) is 10.7. The molecule has 0 spiro atoms. The number of nitrogens with zero attached hydrogens (tertiary/aromatic N) is 10. The minimum atomic E-state index is -0.806. The number of aliphatic hydroxyl groups is 2. The molecule has 1 unspecified atom stereocenters. The zero-order valence-corrected chi connectivity index (χ0v) is 41.0. The van der Waals surface area contributed by atoms with E-state index >= 15 is 0 Å². The highest BCUT2D eigenvalue weighted by Crippen LogP contribution is 2.38. The van der Waals surface area contributed by atoms with Crippen molar-refractivity contribution in [2.24, 2.45) is 14.1 Å². The standard InChI is InChI=1S/C21H20FN5O3.C16H21BFNO5.C11H11BrN4/c1-25-11-20(23-24-25)26-8-14-3-2-13(6-15(14)9-26)18-5-4-16(7-19(18)22)27-10-17(12-28)30-21(27)29;1-15(2)16(3,4)24-17(23-15)12-6-5-10(7-13(12)18)19-8-11(9-20)22-14(19)21;1-15-7-11(13-14-15)16-5-8-2-3-10(12)4-9(8)6-16/h2-7,11,17,28H,8-10,12H2,1H3;5-7,11,20H,8-9H2,1-4H3;2-4,7H,5-6H2,1H3/t17-;;/m1../s1. The number of aliphatic hydroxyl groups excluding tert-OH is 2. The molecule has 0 radical (unpaired) electrons. The van der Waals surface area contributed by atoms with Crippen molar-refractivity contribution in [3.05, 3.63) is 124 Å². The lowest BCUT2D eigenvalue weighted by Gasteiger charge is -2.32. The Bertz CT molecular complexity index is 2920. The van der Waals surface area contributed by atoms with Crippen LogP contribution in [0.4, 0.5) is 41.4 Å². The Morgan fingerprint density at radius 3 is 1.61 bits per heavy atom. The third-order valence-electron chi connectivity index (χ3n) is 13.2. The second-order valence-electron chi connectivity index (χ2n) is 18.7. The van der Waals surface area contributed by atoms with E-state index in [4.69, 9.17) is 23.9 Å². The van der Waals surface area contributed by atoms with E-state index in [0.29, 0.717) is 23.5 Å². The Hall–Kier alpha value is -6.46. The van der Waals surface area contributed by atoms with Crippen LogP contribution in [0, 0.1) is 11.6 Å². The Morgan fingerprint density at radius 1 is 0.657 bits per heavy atom. The summed E-state index contributed by atoms with van der Waals surface area (Å²) in [4.78, 5) is 30.7. The molecule has 18 nitrogen and oxygen atoms in total. The Labute approximate surface area is 411 Å². The highest BCUT2D eigenvalue weighted by molar-refractivity contribution is 9.10. The van der Waals surface area contributed by atoms with Crippen LogP contribution in [0.25, 0.3) is 11.1 Å². The maximum atomic E-state index is 14.9. The van der Waals surface area contributed by atoms with Crippen LogP contribution >= 0.6 is 15.9 Å². The normalized spacial score (nSPS) is 19.7. The molecule has 2 atom stereocenters. The van der Waals surface area contributed by atoms with Gasteiger partial charge in [-0.2, -0.15) is 0 Å². The number of carbonyl (C=O) groups is 2. The van der Waals surface area contributed by atoms with Gasteiger partial charge in [0.2, 0.25) is 0 Å². The van der Waals surface area contributed by atoms with Crippen LogP contribution in [0.1, 0.15) is 49.9 Å². The van der Waals surface area contributed by atoms with Gasteiger partial charge in [0.25, 0.3) is 0 Å². The van der Waals surface area contributed by atoms with Gasteiger partial charge in [0, 0.05) is 55.8 Å². The molecule has 22 heteroatoms. The van der Waals surface area contributed by atoms with Crippen molar-refractivity contribution in [3.63, 3.8) is 0 Å². The first-order chi connectivity index (χ1) is 33.4. The molecule has 5 aliphatic rings. The molecule has 2 amide bonds. The van der Waals surface area contributed by atoms with Crippen LogP contribution in [-0.2, 0) is 59.1 Å². The van der Waals surface area contributed by atoms with E-state index in [1.54, 1.807) is 33.6 Å². The van der Waals surface area contributed by atoms with Crippen molar-refractivity contribution in [1.29, 1.82) is 0 Å². The van der Waals surface area contributed by atoms with Gasteiger partial charge in [-0.05, 0) is 104 Å². The lowest BCUT2D eigenvalue weighted by Crippen LogP contribution is -2.41. The van der Waals surface area contributed by atoms with Gasteiger partial charge in [-0.3, -0.25) is 19.2 Å². The van der Waals surface area contributed by atoms with Crippen LogP contribution in [0.3, 0.4) is 0 Å². The summed E-state index contributed by atoms with van der Waals surface area (Å²) in [5.74, 6) is 0.807. The first kappa shape index (κ1) is 48.6. The lowest BCUT2D eigenvalue weighted by atomic mass is 9.78. The van der Waals surface area contributed by atoms with Crippen molar-refractivity contribution in [1.82, 2.24) is 30.0 Å². The Morgan fingerprint density at radius 2 is 1.14 bits per heavy atom. The second kappa shape index (κ2) is 19.4. The first-order valence-corrected chi connectivity index (χ1v) is 23.4. The summed E-state index contributed by atoms with van der Waals surface area (Å²) in [6, 6.07) is 21.4. The van der Waals surface area contributed by atoms with E-state index in [9.17, 15) is 23.5 Å². The smallest absolute Gasteiger partial charge is 0.441 e. The number of fused-ring (bicyclic) bond motifs is 2. The van der Waals surface area contributed by atoms with Gasteiger partial charge >= 0.3 is 19.3 Å². The van der Waals surface area contributed by atoms with E-state index in [2.05, 4.69) is 64.6 Å². The molecule has 4 aromatic carbocycles. The maximum absolute atomic E-state index is 14.9. The average molecular weight is 1030 g/mol. The van der Waals surface area contributed by atoms with Gasteiger partial charge in [0.15, 0.2) is 11.6 Å². The molecule has 2 aromatic heterocycles. The van der Waals surface area contributed by atoms with E-state index in [1.807, 2.05) is 72.4 Å². The number of aryl methyl sites for hydroxylation is 2. The molecule has 7 heterocycles. The maximum Gasteiger partial charge on any atom is 0.497 e. The molecule has 3 saturated heterocycles. The fraction of sp³-hybridized carbons (Fsp3) is 0.375. The SMILES string of the molecule is CC1(C)OB(c2ccc(N3CC(CO)OC3=O)cc2F)OC1(C)C.Cn1cc(N2Cc3ccc(-c4ccc(N5C[C@H](CO)OC5=O)cc4F)cc3C2)nn1.Cn1cc(N2Cc3ccc(Br)cc3C2)nn1. The Balaban J connectivity index is 0.000000136. The number of amides is 2. The molecular formula is C48H52BBrF2N10O8. The van der Waals surface area contributed by atoms with E-state index in [0.717, 1.165) is 46.9 Å². The molecule has 3 fully saturated rings. The molecule has 2 N–H and O–H groups in total. The summed E-state index contributed by atoms with van der Waals surface area (Å²) in [5.41, 5.74) is 6.21. The number of ether oxygens (including phenoxy) is 2. The molecule has 366 valence electrons. The number of anilines is 4. The van der Waals surface area contributed by atoms with Crippen LogP contribution in [0.2, 0.25) is 0 Å². The van der Waals surface area contributed by atoms with Gasteiger partial charge in [-0.25, -0.2) is 18.4 Å². The van der Waals surface area contributed by atoms with Gasteiger partial charge in [-0.15, -0.1) is 10.2 Å². The summed E-state index contributed by atoms with van der Waals surface area (Å²) in [5, 5.41) is 34.5. The number of halogens is 3. The largest absolute Gasteiger partial charge is 0.497 e. The molecule has 6 aromatic rings. The van der Waals surface area contributed by atoms with Crippen LogP contribution in [0.15, 0.2) is 89.7 Å². The number of hydrogen-bond acceptors (Lipinski definition) is 14. The van der Waals surface area contributed by atoms with Crippen LogP contribution in [-0.4, -0.2) is 109 Å². The molecule has 70 heavy (non-hydrogen) atoms. The number of hydrogen-bond donors (Lipinski definition) is 2. The van der Waals surface area contributed by atoms with Crippen molar-refractivity contribution < 1.29 is 47.4 Å². The third kappa shape index (κ3) is 9.95. The predicted octanol–water partition coefficient (Wildman–Crippen LogP) is 6.00. The van der Waals surface area contributed by atoms with Gasteiger partial charge in [-0.1, -0.05) is 50.6 Å². The third-order valence-corrected chi connectivity index (χ3v) is 13.7. The number of aromatic nitrogens is 6. The van der Waals surface area contributed by atoms with Crippen LogP contribution in [0.5, 0.6) is 0 Å². The zero-order chi connectivity index (χ0) is 49.6. The molecule has 0 saturated carbocycles. The minimum Gasteiger partial charge on any atom is -0.441 e. The monoisotopic (exact) mass is 1020 g/mol. The molecule has 0 aliphatic carbocycles. The van der Waals surface area contributed by atoms with Crippen molar-refractivity contribution in [2.75, 3.05) is 45.9 Å². The lowest BCUT2D eigenvalue weighted by molar-refractivity contribution is 0.00578. The quantitative estimate of drug-likeness (QED) is 0.169. The zero-order valence-electron chi connectivity index (χ0n) is 39.4. The minimum absolute atomic E-state index is 0.185. The highest BCUT2D eigenvalue weighted by atomic mass is 79.9.